The van der Waals surface area contributed by atoms with E-state index in [0.717, 1.165) is 10.0 Å². The summed E-state index contributed by atoms with van der Waals surface area (Å²) in [6.45, 7) is 4.16. The van der Waals surface area contributed by atoms with Crippen LogP contribution in [0.1, 0.15) is 34.3 Å². The molecule has 5 heteroatoms. The maximum atomic E-state index is 12.2. The van der Waals surface area contributed by atoms with Gasteiger partial charge in [-0.1, -0.05) is 46.2 Å². The highest BCUT2D eigenvalue weighted by Crippen LogP contribution is 2.17. The summed E-state index contributed by atoms with van der Waals surface area (Å²) < 4.78 is 6.04. The minimum atomic E-state index is -0.147. The predicted molar refractivity (Wildman–Crippen MR) is 75.9 cm³/mol. The molecule has 1 heterocycles. The van der Waals surface area contributed by atoms with Gasteiger partial charge in [0.05, 0.1) is 5.69 Å². The third kappa shape index (κ3) is 3.04. The zero-order valence-corrected chi connectivity index (χ0v) is 12.5. The van der Waals surface area contributed by atoms with Gasteiger partial charge in [0.15, 0.2) is 0 Å². The second kappa shape index (κ2) is 6.02. The second-order valence-corrected chi connectivity index (χ2v) is 5.04. The lowest BCUT2D eigenvalue weighted by molar-refractivity contribution is 0.0948. The van der Waals surface area contributed by atoms with Crippen molar-refractivity contribution in [3.63, 3.8) is 0 Å². The minimum absolute atomic E-state index is 0.147. The van der Waals surface area contributed by atoms with Crippen molar-refractivity contribution in [2.24, 2.45) is 0 Å². The van der Waals surface area contributed by atoms with Gasteiger partial charge < -0.3 is 9.84 Å². The normalized spacial score (nSPS) is 10.5. The van der Waals surface area contributed by atoms with Gasteiger partial charge >= 0.3 is 0 Å². The molecule has 1 N–H and O–H groups in total. The Bertz CT molecular complexity index is 593. The molecular weight excluding hydrogens is 308 g/mol. The summed E-state index contributed by atoms with van der Waals surface area (Å²) in [6, 6.07) is 7.79. The maximum absolute atomic E-state index is 12.2. The number of halogens is 1. The summed E-state index contributed by atoms with van der Waals surface area (Å²) in [5.41, 5.74) is 2.28. The standard InChI is InChI=1S/C14H15BrN2O2/c1-3-12-13(9(2)19-17-12)14(18)16-8-10-6-4-5-7-11(10)15/h4-7H,3,8H2,1-2H3,(H,16,18). The number of carbonyl (C=O) groups is 1. The van der Waals surface area contributed by atoms with Gasteiger partial charge in [-0.15, -0.1) is 0 Å². The molecular formula is C14H15BrN2O2. The monoisotopic (exact) mass is 322 g/mol. The van der Waals surface area contributed by atoms with E-state index in [9.17, 15) is 4.79 Å². The van der Waals surface area contributed by atoms with Gasteiger partial charge in [0.1, 0.15) is 11.3 Å². The molecule has 0 saturated heterocycles. The van der Waals surface area contributed by atoms with Gasteiger partial charge in [-0.3, -0.25) is 4.79 Å². The molecule has 19 heavy (non-hydrogen) atoms. The lowest BCUT2D eigenvalue weighted by Gasteiger charge is -2.07. The van der Waals surface area contributed by atoms with Crippen LogP contribution < -0.4 is 5.32 Å². The molecule has 0 fully saturated rings. The number of amides is 1. The van der Waals surface area contributed by atoms with Gasteiger partial charge in [0, 0.05) is 11.0 Å². The summed E-state index contributed by atoms with van der Waals surface area (Å²) in [5.74, 6) is 0.410. The molecule has 1 aromatic carbocycles. The molecule has 2 rings (SSSR count). The molecule has 0 aliphatic rings. The first-order chi connectivity index (χ1) is 9.13. The Morgan fingerprint density at radius 1 is 1.42 bits per heavy atom. The zero-order chi connectivity index (χ0) is 13.8. The van der Waals surface area contributed by atoms with Crippen molar-refractivity contribution in [2.75, 3.05) is 0 Å². The van der Waals surface area contributed by atoms with Crippen LogP contribution >= 0.6 is 15.9 Å². The first-order valence-corrected chi connectivity index (χ1v) is 6.89. The van der Waals surface area contributed by atoms with E-state index in [4.69, 9.17) is 4.52 Å². The summed E-state index contributed by atoms with van der Waals surface area (Å²) in [6.07, 6.45) is 0.676. The first-order valence-electron chi connectivity index (χ1n) is 6.10. The van der Waals surface area contributed by atoms with E-state index < -0.39 is 0 Å². The van der Waals surface area contributed by atoms with Gasteiger partial charge in [0.2, 0.25) is 0 Å². The van der Waals surface area contributed by atoms with E-state index in [0.29, 0.717) is 30.0 Å². The van der Waals surface area contributed by atoms with Gasteiger partial charge in [-0.25, -0.2) is 0 Å². The lowest BCUT2D eigenvalue weighted by atomic mass is 10.1. The minimum Gasteiger partial charge on any atom is -0.361 e. The van der Waals surface area contributed by atoms with E-state index in [2.05, 4.69) is 26.4 Å². The highest BCUT2D eigenvalue weighted by molar-refractivity contribution is 9.10. The largest absolute Gasteiger partial charge is 0.361 e. The zero-order valence-electron chi connectivity index (χ0n) is 10.9. The third-order valence-electron chi connectivity index (χ3n) is 2.89. The van der Waals surface area contributed by atoms with E-state index in [1.165, 1.54) is 0 Å². The second-order valence-electron chi connectivity index (χ2n) is 4.19. The van der Waals surface area contributed by atoms with Gasteiger partial charge in [-0.2, -0.15) is 0 Å². The number of hydrogen-bond donors (Lipinski definition) is 1. The Morgan fingerprint density at radius 2 is 2.16 bits per heavy atom. The molecule has 1 amide bonds. The Kier molecular flexibility index (Phi) is 4.37. The topological polar surface area (TPSA) is 55.1 Å². The van der Waals surface area contributed by atoms with Gasteiger partial charge in [-0.05, 0) is 25.0 Å². The van der Waals surface area contributed by atoms with Gasteiger partial charge in [0.25, 0.3) is 5.91 Å². The molecule has 0 aliphatic heterocycles. The number of nitrogens with one attached hydrogen (secondary N) is 1. The fraction of sp³-hybridized carbons (Fsp3) is 0.286. The quantitative estimate of drug-likeness (QED) is 0.940. The van der Waals surface area contributed by atoms with Crippen molar-refractivity contribution in [1.82, 2.24) is 10.5 Å². The van der Waals surface area contributed by atoms with Crippen LogP contribution in [0.2, 0.25) is 0 Å². The SMILES string of the molecule is CCc1noc(C)c1C(=O)NCc1ccccc1Br. The van der Waals surface area contributed by atoms with E-state index >= 15 is 0 Å². The van der Waals surface area contributed by atoms with Crippen LogP contribution in [0.3, 0.4) is 0 Å². The molecule has 4 nitrogen and oxygen atoms in total. The Labute approximate surface area is 120 Å². The molecule has 0 atom stereocenters. The van der Waals surface area contributed by atoms with Crippen molar-refractivity contribution < 1.29 is 9.32 Å². The Balaban J connectivity index is 2.10. The summed E-state index contributed by atoms with van der Waals surface area (Å²) in [4.78, 5) is 12.2. The van der Waals surface area contributed by atoms with E-state index in [1.54, 1.807) is 6.92 Å². The molecule has 0 aliphatic carbocycles. The number of benzene rings is 1. The van der Waals surface area contributed by atoms with Crippen molar-refractivity contribution >= 4 is 21.8 Å². The summed E-state index contributed by atoms with van der Waals surface area (Å²) in [5, 5.41) is 6.77. The molecule has 0 bridgehead atoms. The maximum Gasteiger partial charge on any atom is 0.257 e. The number of carbonyl (C=O) groups excluding carboxylic acids is 1. The Morgan fingerprint density at radius 3 is 2.84 bits per heavy atom. The molecule has 2 aromatic rings. The molecule has 0 unspecified atom stereocenters. The number of nitrogens with zero attached hydrogens (tertiary/aromatic N) is 1. The fourth-order valence-electron chi connectivity index (χ4n) is 1.86. The fourth-order valence-corrected chi connectivity index (χ4v) is 2.28. The molecule has 1 aromatic heterocycles. The predicted octanol–water partition coefficient (Wildman–Crippen LogP) is 3.24. The average molecular weight is 323 g/mol. The summed E-state index contributed by atoms with van der Waals surface area (Å²) >= 11 is 3.46. The van der Waals surface area contributed by atoms with E-state index in [-0.39, 0.29) is 5.91 Å². The number of rotatable bonds is 4. The van der Waals surface area contributed by atoms with Crippen LogP contribution in [0.4, 0.5) is 0 Å². The van der Waals surface area contributed by atoms with Crippen molar-refractivity contribution in [1.29, 1.82) is 0 Å². The smallest absolute Gasteiger partial charge is 0.257 e. The highest BCUT2D eigenvalue weighted by Gasteiger charge is 2.18. The number of aromatic nitrogens is 1. The van der Waals surface area contributed by atoms with Crippen LogP contribution in [0.25, 0.3) is 0 Å². The molecule has 0 radical (unpaired) electrons. The van der Waals surface area contributed by atoms with Crippen LogP contribution in [-0.2, 0) is 13.0 Å². The third-order valence-corrected chi connectivity index (χ3v) is 3.67. The van der Waals surface area contributed by atoms with Crippen molar-refractivity contribution in [3.8, 4) is 0 Å². The van der Waals surface area contributed by atoms with E-state index in [1.807, 2.05) is 31.2 Å². The number of aryl methyl sites for hydroxylation is 2. The Hall–Kier alpha value is -1.62. The lowest BCUT2D eigenvalue weighted by Crippen LogP contribution is -2.24. The van der Waals surface area contributed by atoms with Crippen molar-refractivity contribution in [2.45, 2.75) is 26.8 Å². The summed E-state index contributed by atoms with van der Waals surface area (Å²) in [7, 11) is 0. The molecule has 0 saturated carbocycles. The number of hydrogen-bond acceptors (Lipinski definition) is 3. The molecule has 100 valence electrons. The van der Waals surface area contributed by atoms with Crippen LogP contribution in [0.5, 0.6) is 0 Å². The van der Waals surface area contributed by atoms with Crippen molar-refractivity contribution in [3.05, 3.63) is 51.3 Å². The first kappa shape index (κ1) is 13.8. The van der Waals surface area contributed by atoms with Crippen LogP contribution in [0.15, 0.2) is 33.3 Å². The van der Waals surface area contributed by atoms with Crippen LogP contribution in [0, 0.1) is 6.92 Å². The average Bonchev–Trinajstić information content (AvgIpc) is 2.78. The van der Waals surface area contributed by atoms with Crippen LogP contribution in [-0.4, -0.2) is 11.1 Å². The molecule has 0 spiro atoms. The highest BCUT2D eigenvalue weighted by atomic mass is 79.9.